The summed E-state index contributed by atoms with van der Waals surface area (Å²) in [4.78, 5) is 11.5. The summed E-state index contributed by atoms with van der Waals surface area (Å²) < 4.78 is 12.0. The van der Waals surface area contributed by atoms with Crippen molar-refractivity contribution in [2.24, 2.45) is 11.8 Å². The van der Waals surface area contributed by atoms with Crippen molar-refractivity contribution in [2.75, 3.05) is 19.7 Å². The highest BCUT2D eigenvalue weighted by atomic mass is 28.4. The Balaban J connectivity index is 2.52. The van der Waals surface area contributed by atoms with Crippen LogP contribution in [0.25, 0.3) is 0 Å². The van der Waals surface area contributed by atoms with Crippen LogP contribution in [0.3, 0.4) is 0 Å². The van der Waals surface area contributed by atoms with Gasteiger partial charge in [-0.3, -0.25) is 4.79 Å². The number of carbonyl (C=O) groups is 1. The Hall–Kier alpha value is -0.393. The van der Waals surface area contributed by atoms with Crippen molar-refractivity contribution in [3.8, 4) is 0 Å². The van der Waals surface area contributed by atoms with Crippen LogP contribution in [-0.2, 0) is 14.0 Å². The average Bonchev–Trinajstić information content (AvgIpc) is 3.07. The van der Waals surface area contributed by atoms with Crippen molar-refractivity contribution in [3.63, 3.8) is 0 Å². The van der Waals surface area contributed by atoms with Gasteiger partial charge in [-0.05, 0) is 82.1 Å². The van der Waals surface area contributed by atoms with Gasteiger partial charge >= 0.3 is 5.97 Å². The zero-order valence-electron chi connectivity index (χ0n) is 22.6. The van der Waals surface area contributed by atoms with Crippen LogP contribution >= 0.6 is 0 Å². The van der Waals surface area contributed by atoms with E-state index in [1.165, 1.54) is 57.8 Å². The van der Waals surface area contributed by atoms with Gasteiger partial charge in [-0.25, -0.2) is 0 Å². The van der Waals surface area contributed by atoms with Gasteiger partial charge in [0.25, 0.3) is 0 Å². The van der Waals surface area contributed by atoms with E-state index in [2.05, 4.69) is 46.1 Å². The lowest BCUT2D eigenvalue weighted by Gasteiger charge is -2.40. The number of esters is 1. The monoisotopic (exact) mass is 469 g/mol. The Morgan fingerprint density at radius 1 is 0.969 bits per heavy atom. The molecule has 1 aliphatic carbocycles. The molecule has 0 aromatic heterocycles. The molecule has 0 heterocycles. The van der Waals surface area contributed by atoms with E-state index in [0.29, 0.717) is 25.0 Å². The molecule has 4 nitrogen and oxygen atoms in total. The molecule has 1 rings (SSSR count). The van der Waals surface area contributed by atoms with Crippen LogP contribution in [0.5, 0.6) is 0 Å². The van der Waals surface area contributed by atoms with Crippen LogP contribution < -0.4 is 5.32 Å². The predicted molar refractivity (Wildman–Crippen MR) is 140 cm³/mol. The number of nitrogens with one attached hydrogen (secondary N) is 1. The van der Waals surface area contributed by atoms with Crippen molar-refractivity contribution in [1.82, 2.24) is 5.32 Å². The van der Waals surface area contributed by atoms with Gasteiger partial charge in [-0.1, -0.05) is 66.2 Å². The third-order valence-electron chi connectivity index (χ3n) is 7.74. The first-order valence-corrected chi connectivity index (χ1v) is 16.6. The summed E-state index contributed by atoms with van der Waals surface area (Å²) in [5.41, 5.74) is 0. The second-order valence-corrected chi connectivity index (χ2v) is 16.2. The fourth-order valence-electron chi connectivity index (χ4n) is 4.69. The SMILES string of the molecule is CCCCCCNC[C@H]1CC[C@H](O[Si](C)(C)C(C)(C)C)[C@@H]1CCCCCCC(=O)OCC. The molecule has 0 bridgehead atoms. The summed E-state index contributed by atoms with van der Waals surface area (Å²) in [5.74, 6) is 1.38. The van der Waals surface area contributed by atoms with Crippen LogP contribution in [0.1, 0.15) is 112 Å². The zero-order chi connectivity index (χ0) is 24.0. The van der Waals surface area contributed by atoms with Crippen molar-refractivity contribution >= 4 is 14.3 Å². The Bertz CT molecular complexity index is 504. The molecule has 0 aromatic rings. The Kier molecular flexibility index (Phi) is 14.4. The summed E-state index contributed by atoms with van der Waals surface area (Å²) in [7, 11) is -1.75. The summed E-state index contributed by atoms with van der Waals surface area (Å²) in [5, 5.41) is 4.03. The minimum absolute atomic E-state index is 0.0452. The van der Waals surface area contributed by atoms with Crippen molar-refractivity contribution < 1.29 is 14.0 Å². The van der Waals surface area contributed by atoms with Crippen LogP contribution in [0.15, 0.2) is 0 Å². The van der Waals surface area contributed by atoms with Gasteiger partial charge in [0.2, 0.25) is 0 Å². The molecule has 32 heavy (non-hydrogen) atoms. The lowest BCUT2D eigenvalue weighted by molar-refractivity contribution is -0.143. The molecule has 0 spiro atoms. The van der Waals surface area contributed by atoms with Gasteiger partial charge in [-0.15, -0.1) is 0 Å². The molecular formula is C27H55NO3Si. The van der Waals surface area contributed by atoms with Gasteiger partial charge in [0.05, 0.1) is 6.61 Å². The molecule has 0 aliphatic heterocycles. The van der Waals surface area contributed by atoms with Gasteiger partial charge in [0.1, 0.15) is 0 Å². The number of ether oxygens (including phenoxy) is 1. The third-order valence-corrected chi connectivity index (χ3v) is 12.2. The summed E-state index contributed by atoms with van der Waals surface area (Å²) in [6.07, 6.45) is 14.6. The Morgan fingerprint density at radius 3 is 2.31 bits per heavy atom. The summed E-state index contributed by atoms with van der Waals surface area (Å²) in [6, 6.07) is 0. The van der Waals surface area contributed by atoms with E-state index in [9.17, 15) is 4.79 Å². The fourth-order valence-corrected chi connectivity index (χ4v) is 6.09. The van der Waals surface area contributed by atoms with E-state index >= 15 is 0 Å². The highest BCUT2D eigenvalue weighted by Gasteiger charge is 2.44. The maximum Gasteiger partial charge on any atom is 0.305 e. The molecule has 0 unspecified atom stereocenters. The lowest BCUT2D eigenvalue weighted by atomic mass is 9.89. The fraction of sp³-hybridized carbons (Fsp3) is 0.963. The van der Waals surface area contributed by atoms with Crippen molar-refractivity contribution in [3.05, 3.63) is 0 Å². The van der Waals surface area contributed by atoms with E-state index in [-0.39, 0.29) is 11.0 Å². The minimum Gasteiger partial charge on any atom is -0.466 e. The predicted octanol–water partition coefficient (Wildman–Crippen LogP) is 7.48. The Labute approximate surface area is 201 Å². The minimum atomic E-state index is -1.75. The highest BCUT2D eigenvalue weighted by molar-refractivity contribution is 6.74. The van der Waals surface area contributed by atoms with E-state index < -0.39 is 8.32 Å². The largest absolute Gasteiger partial charge is 0.466 e. The lowest BCUT2D eigenvalue weighted by Crippen LogP contribution is -2.45. The molecule has 3 atom stereocenters. The molecule has 1 aliphatic rings. The van der Waals surface area contributed by atoms with Crippen molar-refractivity contribution in [1.29, 1.82) is 0 Å². The van der Waals surface area contributed by atoms with E-state index in [0.717, 1.165) is 31.8 Å². The number of carbonyl (C=O) groups excluding carboxylic acids is 1. The number of rotatable bonds is 17. The second kappa shape index (κ2) is 15.5. The quantitative estimate of drug-likeness (QED) is 0.136. The van der Waals surface area contributed by atoms with E-state index in [1.807, 2.05) is 6.92 Å². The molecule has 1 N–H and O–H groups in total. The topological polar surface area (TPSA) is 47.6 Å². The normalized spacial score (nSPS) is 21.8. The van der Waals surface area contributed by atoms with Gasteiger partial charge < -0.3 is 14.5 Å². The summed E-state index contributed by atoms with van der Waals surface area (Å²) >= 11 is 0. The molecule has 0 aromatic carbocycles. The maximum atomic E-state index is 11.5. The average molecular weight is 470 g/mol. The molecular weight excluding hydrogens is 414 g/mol. The number of unbranched alkanes of at least 4 members (excludes halogenated alkanes) is 6. The highest BCUT2D eigenvalue weighted by Crippen LogP contribution is 2.43. The maximum absolute atomic E-state index is 11.5. The van der Waals surface area contributed by atoms with Crippen LogP contribution in [0.4, 0.5) is 0 Å². The van der Waals surface area contributed by atoms with E-state index in [1.54, 1.807) is 0 Å². The first-order valence-electron chi connectivity index (χ1n) is 13.7. The number of hydrogen-bond acceptors (Lipinski definition) is 4. The third kappa shape index (κ3) is 11.2. The molecule has 0 saturated heterocycles. The molecule has 0 radical (unpaired) electrons. The van der Waals surface area contributed by atoms with E-state index in [4.69, 9.17) is 9.16 Å². The summed E-state index contributed by atoms with van der Waals surface area (Å²) in [6.45, 7) is 18.8. The van der Waals surface area contributed by atoms with Gasteiger partial charge in [0.15, 0.2) is 8.32 Å². The molecule has 190 valence electrons. The number of hydrogen-bond donors (Lipinski definition) is 1. The smallest absolute Gasteiger partial charge is 0.305 e. The first kappa shape index (κ1) is 29.6. The Morgan fingerprint density at radius 2 is 1.66 bits per heavy atom. The van der Waals surface area contributed by atoms with Crippen LogP contribution in [0.2, 0.25) is 18.1 Å². The van der Waals surface area contributed by atoms with Crippen LogP contribution in [0, 0.1) is 11.8 Å². The molecule has 5 heteroatoms. The van der Waals surface area contributed by atoms with Crippen molar-refractivity contribution in [2.45, 2.75) is 136 Å². The van der Waals surface area contributed by atoms with Crippen LogP contribution in [-0.4, -0.2) is 40.1 Å². The zero-order valence-corrected chi connectivity index (χ0v) is 23.6. The molecule has 1 saturated carbocycles. The van der Waals surface area contributed by atoms with Gasteiger partial charge in [-0.2, -0.15) is 0 Å². The molecule has 1 fully saturated rings. The second-order valence-electron chi connectivity index (χ2n) is 11.4. The molecule has 0 amide bonds. The standard InChI is InChI=1S/C27H55NO3Si/c1-8-10-11-16-21-28-22-23-19-20-25(31-32(6,7)27(3,4)5)24(23)17-14-12-13-15-18-26(29)30-9-2/h23-25,28H,8-22H2,1-7H3/t23-,24-,25+/m1/s1. The van der Waals surface area contributed by atoms with Gasteiger partial charge in [0, 0.05) is 12.5 Å². The first-order chi connectivity index (χ1) is 15.1.